The van der Waals surface area contributed by atoms with Crippen molar-refractivity contribution in [3.05, 3.63) is 34.9 Å². The summed E-state index contributed by atoms with van der Waals surface area (Å²) >= 11 is 7.64. The number of aryl methyl sites for hydroxylation is 2. The molecule has 2 heteroatoms. The highest BCUT2D eigenvalue weighted by atomic mass is 35.5. The number of benzene rings is 1. The summed E-state index contributed by atoms with van der Waals surface area (Å²) in [4.78, 5) is 0. The Morgan fingerprint density at radius 3 is 2.93 bits per heavy atom. The molecule has 0 N–H and O–H groups in total. The van der Waals surface area contributed by atoms with E-state index in [2.05, 4.69) is 18.2 Å². The fourth-order valence-corrected chi connectivity index (χ4v) is 3.26. The van der Waals surface area contributed by atoms with E-state index in [1.54, 1.807) is 11.1 Å². The number of fused-ring (bicyclic) bond motifs is 1. The molecule has 0 unspecified atom stereocenters. The molecule has 1 aromatic carbocycles. The number of hydrogen-bond acceptors (Lipinski definition) is 1. The van der Waals surface area contributed by atoms with Gasteiger partial charge >= 0.3 is 0 Å². The molecule has 0 radical (unpaired) electrons. The second-order valence-electron chi connectivity index (χ2n) is 4.05. The Morgan fingerprint density at radius 1 is 1.20 bits per heavy atom. The van der Waals surface area contributed by atoms with Gasteiger partial charge in [-0.15, -0.1) is 11.6 Å². The van der Waals surface area contributed by atoms with Crippen LogP contribution < -0.4 is 0 Å². The summed E-state index contributed by atoms with van der Waals surface area (Å²) in [6.45, 7) is 0. The van der Waals surface area contributed by atoms with Crippen LogP contribution in [0.5, 0.6) is 0 Å². The first-order valence-electron chi connectivity index (χ1n) is 5.64. The van der Waals surface area contributed by atoms with Gasteiger partial charge in [-0.05, 0) is 48.1 Å². The Morgan fingerprint density at radius 2 is 2.07 bits per heavy atom. The Bertz CT molecular complexity index is 322. The minimum Gasteiger partial charge on any atom is -0.157 e. The lowest BCUT2D eigenvalue weighted by Gasteiger charge is -2.04. The molecule has 0 aliphatic heterocycles. The van der Waals surface area contributed by atoms with Crippen LogP contribution >= 0.6 is 23.4 Å². The van der Waals surface area contributed by atoms with Crippen LogP contribution in [-0.2, 0) is 18.6 Å². The van der Waals surface area contributed by atoms with Gasteiger partial charge in [-0.25, -0.2) is 0 Å². The zero-order valence-electron chi connectivity index (χ0n) is 8.97. The summed E-state index contributed by atoms with van der Waals surface area (Å²) in [5.74, 6) is 3.11. The average molecular weight is 241 g/mol. The van der Waals surface area contributed by atoms with Gasteiger partial charge in [0.2, 0.25) is 0 Å². The van der Waals surface area contributed by atoms with Crippen molar-refractivity contribution in [3.63, 3.8) is 0 Å². The van der Waals surface area contributed by atoms with Gasteiger partial charge in [0, 0.05) is 11.6 Å². The normalized spacial score (nSPS) is 14.2. The van der Waals surface area contributed by atoms with Gasteiger partial charge in [0.25, 0.3) is 0 Å². The minimum absolute atomic E-state index is 0.789. The van der Waals surface area contributed by atoms with Crippen molar-refractivity contribution in [2.24, 2.45) is 0 Å². The maximum atomic E-state index is 5.65. The van der Waals surface area contributed by atoms with Crippen LogP contribution in [0.15, 0.2) is 18.2 Å². The zero-order chi connectivity index (χ0) is 10.5. The van der Waals surface area contributed by atoms with Crippen LogP contribution in [0.4, 0.5) is 0 Å². The van der Waals surface area contributed by atoms with Crippen LogP contribution in [0.3, 0.4) is 0 Å². The first-order chi connectivity index (χ1) is 7.40. The summed E-state index contributed by atoms with van der Waals surface area (Å²) in [6, 6.07) is 7.01. The van der Waals surface area contributed by atoms with Gasteiger partial charge in [0.15, 0.2) is 0 Å². The number of alkyl halides is 1. The molecule has 1 aromatic rings. The molecule has 0 aromatic heterocycles. The number of halogens is 1. The molecule has 0 saturated heterocycles. The predicted molar refractivity (Wildman–Crippen MR) is 70.0 cm³/mol. The van der Waals surface area contributed by atoms with Crippen LogP contribution in [-0.4, -0.2) is 11.6 Å². The third-order valence-corrected chi connectivity index (χ3v) is 4.24. The summed E-state index contributed by atoms with van der Waals surface area (Å²) in [5.41, 5.74) is 4.64. The van der Waals surface area contributed by atoms with E-state index in [9.17, 15) is 0 Å². The van der Waals surface area contributed by atoms with Gasteiger partial charge in [0.05, 0.1) is 0 Å². The van der Waals surface area contributed by atoms with Crippen molar-refractivity contribution in [3.8, 4) is 0 Å². The molecule has 0 nitrogen and oxygen atoms in total. The van der Waals surface area contributed by atoms with Crippen molar-refractivity contribution in [2.75, 3.05) is 11.6 Å². The molecule has 0 saturated carbocycles. The SMILES string of the molecule is ClCCCSCc1ccc2c(c1)CCC2. The van der Waals surface area contributed by atoms with Crippen molar-refractivity contribution < 1.29 is 0 Å². The Labute approximate surface area is 101 Å². The highest BCUT2D eigenvalue weighted by Crippen LogP contribution is 2.24. The zero-order valence-corrected chi connectivity index (χ0v) is 10.5. The third-order valence-electron chi connectivity index (χ3n) is 2.85. The van der Waals surface area contributed by atoms with Gasteiger partial charge in [-0.3, -0.25) is 0 Å². The Balaban J connectivity index is 1.87. The van der Waals surface area contributed by atoms with E-state index >= 15 is 0 Å². The van der Waals surface area contributed by atoms with E-state index in [1.807, 2.05) is 11.8 Å². The van der Waals surface area contributed by atoms with Gasteiger partial charge in [-0.1, -0.05) is 18.2 Å². The fraction of sp³-hybridized carbons (Fsp3) is 0.538. The van der Waals surface area contributed by atoms with Crippen molar-refractivity contribution in [2.45, 2.75) is 31.4 Å². The standard InChI is InChI=1S/C13H17ClS/c14-7-2-8-15-10-11-5-6-12-3-1-4-13(12)9-11/h5-6,9H,1-4,7-8,10H2. The largest absolute Gasteiger partial charge is 0.157 e. The molecule has 82 valence electrons. The number of hydrogen-bond donors (Lipinski definition) is 0. The maximum Gasteiger partial charge on any atom is 0.0231 e. The molecule has 2 rings (SSSR count). The fourth-order valence-electron chi connectivity index (χ4n) is 2.06. The molecule has 0 spiro atoms. The molecule has 0 amide bonds. The van der Waals surface area contributed by atoms with E-state index in [0.29, 0.717) is 0 Å². The van der Waals surface area contributed by atoms with E-state index in [4.69, 9.17) is 11.6 Å². The summed E-state index contributed by atoms with van der Waals surface area (Å²) in [5, 5.41) is 0. The first kappa shape index (κ1) is 11.3. The number of rotatable bonds is 5. The highest BCUT2D eigenvalue weighted by Gasteiger charge is 2.10. The van der Waals surface area contributed by atoms with E-state index < -0.39 is 0 Å². The first-order valence-corrected chi connectivity index (χ1v) is 7.33. The predicted octanol–water partition coefficient (Wildman–Crippen LogP) is 4.04. The summed E-state index contributed by atoms with van der Waals surface area (Å²) < 4.78 is 0. The van der Waals surface area contributed by atoms with Crippen molar-refractivity contribution >= 4 is 23.4 Å². The van der Waals surface area contributed by atoms with Gasteiger partial charge < -0.3 is 0 Å². The smallest absolute Gasteiger partial charge is 0.0231 e. The minimum atomic E-state index is 0.789. The molecule has 1 aliphatic carbocycles. The quantitative estimate of drug-likeness (QED) is 0.553. The van der Waals surface area contributed by atoms with E-state index in [0.717, 1.165) is 18.1 Å². The topological polar surface area (TPSA) is 0 Å². The lowest BCUT2D eigenvalue weighted by Crippen LogP contribution is -1.88. The van der Waals surface area contributed by atoms with Crippen LogP contribution in [0, 0.1) is 0 Å². The maximum absolute atomic E-state index is 5.65. The molecule has 0 fully saturated rings. The summed E-state index contributed by atoms with van der Waals surface area (Å²) in [7, 11) is 0. The summed E-state index contributed by atoms with van der Waals surface area (Å²) in [6.07, 6.45) is 5.04. The second kappa shape index (κ2) is 5.81. The van der Waals surface area contributed by atoms with Gasteiger partial charge in [0.1, 0.15) is 0 Å². The Hall–Kier alpha value is -0.140. The van der Waals surface area contributed by atoms with Crippen LogP contribution in [0.25, 0.3) is 0 Å². The molecule has 15 heavy (non-hydrogen) atoms. The third kappa shape index (κ3) is 3.15. The number of thioether (sulfide) groups is 1. The monoisotopic (exact) mass is 240 g/mol. The average Bonchev–Trinajstić information content (AvgIpc) is 2.71. The van der Waals surface area contributed by atoms with E-state index in [-0.39, 0.29) is 0 Å². The Kier molecular flexibility index (Phi) is 4.40. The molecule has 0 heterocycles. The van der Waals surface area contributed by atoms with Gasteiger partial charge in [-0.2, -0.15) is 11.8 Å². The lowest BCUT2D eigenvalue weighted by atomic mass is 10.1. The van der Waals surface area contributed by atoms with Crippen molar-refractivity contribution in [1.82, 2.24) is 0 Å². The lowest BCUT2D eigenvalue weighted by molar-refractivity contribution is 0.911. The second-order valence-corrected chi connectivity index (χ2v) is 5.53. The highest BCUT2D eigenvalue weighted by molar-refractivity contribution is 7.98. The van der Waals surface area contributed by atoms with Crippen LogP contribution in [0.1, 0.15) is 29.5 Å². The van der Waals surface area contributed by atoms with Crippen molar-refractivity contribution in [1.29, 1.82) is 0 Å². The molecule has 0 atom stereocenters. The van der Waals surface area contributed by atoms with Crippen LogP contribution in [0.2, 0.25) is 0 Å². The molecule has 1 aliphatic rings. The molecule has 0 bridgehead atoms. The van der Waals surface area contributed by atoms with E-state index in [1.165, 1.54) is 30.6 Å². The molecular weight excluding hydrogens is 224 g/mol. The molecular formula is C13H17ClS.